The summed E-state index contributed by atoms with van der Waals surface area (Å²) in [4.78, 5) is 36.6. The van der Waals surface area contributed by atoms with Gasteiger partial charge in [0.1, 0.15) is 5.52 Å². The van der Waals surface area contributed by atoms with Crippen LogP contribution in [0.3, 0.4) is 0 Å². The average molecular weight is 379 g/mol. The van der Waals surface area contributed by atoms with Crippen LogP contribution in [0.25, 0.3) is 10.9 Å². The lowest BCUT2D eigenvalue weighted by atomic mass is 10.2. The van der Waals surface area contributed by atoms with Gasteiger partial charge in [0.25, 0.3) is 11.5 Å². The molecular weight excluding hydrogens is 358 g/mol. The summed E-state index contributed by atoms with van der Waals surface area (Å²) >= 11 is 0. The molecule has 2 N–H and O–H groups in total. The van der Waals surface area contributed by atoms with Crippen LogP contribution >= 0.6 is 0 Å². The average Bonchev–Trinajstić information content (AvgIpc) is 2.72. The number of benzene rings is 2. The molecule has 0 fully saturated rings. The van der Waals surface area contributed by atoms with Gasteiger partial charge < -0.3 is 10.6 Å². The summed E-state index contributed by atoms with van der Waals surface area (Å²) in [7, 11) is 0. The van der Waals surface area contributed by atoms with Crippen molar-refractivity contribution in [2.75, 3.05) is 11.9 Å². The summed E-state index contributed by atoms with van der Waals surface area (Å²) in [6, 6.07) is 13.6. The van der Waals surface area contributed by atoms with E-state index in [-0.39, 0.29) is 30.3 Å². The Bertz CT molecular complexity index is 1060. The van der Waals surface area contributed by atoms with Crippen molar-refractivity contribution in [3.63, 3.8) is 0 Å². The van der Waals surface area contributed by atoms with E-state index in [1.54, 1.807) is 48.5 Å². The van der Waals surface area contributed by atoms with Crippen LogP contribution in [0.1, 0.15) is 30.1 Å². The molecule has 0 bridgehead atoms. The van der Waals surface area contributed by atoms with Crippen molar-refractivity contribution in [3.8, 4) is 0 Å². The number of aromatic nitrogens is 3. The lowest BCUT2D eigenvalue weighted by molar-refractivity contribution is -0.116. The number of aryl methyl sites for hydroxylation is 1. The van der Waals surface area contributed by atoms with Crippen LogP contribution in [0, 0.1) is 0 Å². The Morgan fingerprint density at radius 3 is 2.75 bits per heavy atom. The first-order chi connectivity index (χ1) is 13.6. The molecule has 2 amide bonds. The Kier molecular flexibility index (Phi) is 6.11. The maximum Gasteiger partial charge on any atom is 0.277 e. The van der Waals surface area contributed by atoms with E-state index in [1.165, 1.54) is 4.68 Å². The van der Waals surface area contributed by atoms with Crippen molar-refractivity contribution in [2.24, 2.45) is 0 Å². The monoisotopic (exact) mass is 379 g/mol. The molecular formula is C20H21N5O3. The molecule has 0 aliphatic rings. The van der Waals surface area contributed by atoms with E-state index in [2.05, 4.69) is 20.9 Å². The van der Waals surface area contributed by atoms with Gasteiger partial charge in [-0.2, -0.15) is 0 Å². The molecule has 3 rings (SSSR count). The quantitative estimate of drug-likeness (QED) is 0.653. The normalized spacial score (nSPS) is 10.6. The van der Waals surface area contributed by atoms with Crippen LogP contribution < -0.4 is 16.2 Å². The van der Waals surface area contributed by atoms with Crippen LogP contribution in [0.2, 0.25) is 0 Å². The predicted octanol–water partition coefficient (Wildman–Crippen LogP) is 1.96. The van der Waals surface area contributed by atoms with Crippen molar-refractivity contribution >= 4 is 28.4 Å². The molecule has 8 heteroatoms. The number of nitrogens with one attached hydrogen (secondary N) is 2. The highest BCUT2D eigenvalue weighted by molar-refractivity contribution is 5.97. The van der Waals surface area contributed by atoms with Crippen molar-refractivity contribution in [2.45, 2.75) is 26.3 Å². The number of carbonyl (C=O) groups is 2. The number of rotatable bonds is 7. The lowest BCUT2D eigenvalue weighted by Crippen LogP contribution is -2.26. The number of hydrogen-bond donors (Lipinski definition) is 2. The van der Waals surface area contributed by atoms with Crippen molar-refractivity contribution in [1.29, 1.82) is 0 Å². The molecule has 0 spiro atoms. The third kappa shape index (κ3) is 4.59. The van der Waals surface area contributed by atoms with Gasteiger partial charge in [-0.3, -0.25) is 14.4 Å². The molecule has 0 aliphatic carbocycles. The number of carbonyl (C=O) groups excluding carboxylic acids is 2. The summed E-state index contributed by atoms with van der Waals surface area (Å²) in [6.45, 7) is 2.68. The second kappa shape index (κ2) is 8.90. The third-order valence-corrected chi connectivity index (χ3v) is 4.12. The Hall–Kier alpha value is -3.55. The first-order valence-electron chi connectivity index (χ1n) is 9.09. The maximum atomic E-state index is 12.4. The zero-order valence-electron chi connectivity index (χ0n) is 15.5. The molecule has 0 saturated carbocycles. The number of fused-ring (bicyclic) bond motifs is 1. The molecule has 1 heterocycles. The predicted molar refractivity (Wildman–Crippen MR) is 106 cm³/mol. The van der Waals surface area contributed by atoms with Crippen molar-refractivity contribution in [1.82, 2.24) is 20.3 Å². The molecule has 2 aromatic carbocycles. The maximum absolute atomic E-state index is 12.4. The molecule has 28 heavy (non-hydrogen) atoms. The largest absolute Gasteiger partial charge is 0.352 e. The van der Waals surface area contributed by atoms with E-state index in [1.807, 2.05) is 6.92 Å². The van der Waals surface area contributed by atoms with Gasteiger partial charge in [0.2, 0.25) is 5.91 Å². The Labute approximate surface area is 161 Å². The van der Waals surface area contributed by atoms with Crippen LogP contribution in [-0.4, -0.2) is 33.4 Å². The first-order valence-corrected chi connectivity index (χ1v) is 9.09. The minimum atomic E-state index is -0.284. The molecule has 1 aromatic heterocycles. The fraction of sp³-hybridized carbons (Fsp3) is 0.250. The van der Waals surface area contributed by atoms with E-state index in [9.17, 15) is 14.4 Å². The molecule has 0 unspecified atom stereocenters. The SMILES string of the molecule is CCCNC(=O)c1cccc(NC(=O)CCn2nnc3ccccc3c2=O)c1. The van der Waals surface area contributed by atoms with Crippen LogP contribution in [-0.2, 0) is 11.3 Å². The van der Waals surface area contributed by atoms with Gasteiger partial charge in [-0.15, -0.1) is 5.10 Å². The molecule has 3 aromatic rings. The first kappa shape index (κ1) is 19.2. The zero-order chi connectivity index (χ0) is 19.9. The Morgan fingerprint density at radius 2 is 1.93 bits per heavy atom. The van der Waals surface area contributed by atoms with Gasteiger partial charge in [-0.1, -0.05) is 30.3 Å². The smallest absolute Gasteiger partial charge is 0.277 e. The van der Waals surface area contributed by atoms with Crippen molar-refractivity contribution in [3.05, 3.63) is 64.4 Å². The second-order valence-electron chi connectivity index (χ2n) is 6.27. The zero-order valence-corrected chi connectivity index (χ0v) is 15.5. The molecule has 0 radical (unpaired) electrons. The minimum absolute atomic E-state index is 0.0547. The third-order valence-electron chi connectivity index (χ3n) is 4.12. The van der Waals surface area contributed by atoms with Crippen LogP contribution in [0.5, 0.6) is 0 Å². The summed E-state index contributed by atoms with van der Waals surface area (Å²) in [6.07, 6.45) is 0.901. The van der Waals surface area contributed by atoms with Gasteiger partial charge in [0.15, 0.2) is 0 Å². The number of anilines is 1. The van der Waals surface area contributed by atoms with E-state index in [0.717, 1.165) is 6.42 Å². The molecule has 8 nitrogen and oxygen atoms in total. The summed E-state index contributed by atoms with van der Waals surface area (Å²) in [5, 5.41) is 13.9. The van der Waals surface area contributed by atoms with E-state index in [4.69, 9.17) is 0 Å². The Morgan fingerprint density at radius 1 is 1.11 bits per heavy atom. The Balaban J connectivity index is 1.63. The number of amides is 2. The standard InChI is InChI=1S/C20H21N5O3/c1-2-11-21-19(27)14-6-5-7-15(13-14)22-18(26)10-12-25-20(28)16-8-3-4-9-17(16)23-24-25/h3-9,13H,2,10-12H2,1H3,(H,21,27)(H,22,26). The lowest BCUT2D eigenvalue weighted by Gasteiger charge is -2.08. The molecule has 0 saturated heterocycles. The molecule has 144 valence electrons. The van der Waals surface area contributed by atoms with Crippen molar-refractivity contribution < 1.29 is 9.59 Å². The van der Waals surface area contributed by atoms with Gasteiger partial charge in [0.05, 0.1) is 11.9 Å². The highest BCUT2D eigenvalue weighted by Gasteiger charge is 2.10. The van der Waals surface area contributed by atoms with E-state index < -0.39 is 0 Å². The highest BCUT2D eigenvalue weighted by Crippen LogP contribution is 2.11. The highest BCUT2D eigenvalue weighted by atomic mass is 16.2. The van der Waals surface area contributed by atoms with Crippen LogP contribution in [0.4, 0.5) is 5.69 Å². The van der Waals surface area contributed by atoms with E-state index in [0.29, 0.717) is 28.7 Å². The van der Waals surface area contributed by atoms with Gasteiger partial charge in [-0.05, 0) is 36.8 Å². The molecule has 0 aliphatic heterocycles. The number of nitrogens with zero attached hydrogens (tertiary/aromatic N) is 3. The second-order valence-corrected chi connectivity index (χ2v) is 6.27. The topological polar surface area (TPSA) is 106 Å². The van der Waals surface area contributed by atoms with Gasteiger partial charge in [0, 0.05) is 24.2 Å². The minimum Gasteiger partial charge on any atom is -0.352 e. The molecule has 0 atom stereocenters. The summed E-state index contributed by atoms with van der Waals surface area (Å²) < 4.78 is 1.18. The van der Waals surface area contributed by atoms with E-state index >= 15 is 0 Å². The fourth-order valence-corrected chi connectivity index (χ4v) is 2.68. The van der Waals surface area contributed by atoms with Gasteiger partial charge in [-0.25, -0.2) is 4.68 Å². The summed E-state index contributed by atoms with van der Waals surface area (Å²) in [5.41, 5.74) is 1.23. The fourth-order valence-electron chi connectivity index (χ4n) is 2.68. The van der Waals surface area contributed by atoms with Crippen LogP contribution in [0.15, 0.2) is 53.3 Å². The summed E-state index contributed by atoms with van der Waals surface area (Å²) in [5.74, 6) is -0.469. The number of hydrogen-bond acceptors (Lipinski definition) is 5. The van der Waals surface area contributed by atoms with Gasteiger partial charge >= 0.3 is 0 Å².